The number of hydrogen-bond donors (Lipinski definition) is 2. The van der Waals surface area contributed by atoms with Crippen LogP contribution in [0.3, 0.4) is 0 Å². The Morgan fingerprint density at radius 2 is 2.00 bits per heavy atom. The molecule has 1 amide bonds. The minimum absolute atomic E-state index is 0.259. The fourth-order valence-electron chi connectivity index (χ4n) is 1.44. The van der Waals surface area contributed by atoms with Crippen molar-refractivity contribution in [1.82, 2.24) is 15.2 Å². The third kappa shape index (κ3) is 4.46. The van der Waals surface area contributed by atoms with Crippen LogP contribution in [0.2, 0.25) is 0 Å². The summed E-state index contributed by atoms with van der Waals surface area (Å²) in [5, 5.41) is 6.37. The molecule has 0 saturated heterocycles. The summed E-state index contributed by atoms with van der Waals surface area (Å²) in [5.74, 6) is 0.213. The molecule has 0 aromatic carbocycles. The summed E-state index contributed by atoms with van der Waals surface area (Å²) in [4.78, 5) is 11.8. The van der Waals surface area contributed by atoms with Gasteiger partial charge in [-0.05, 0) is 20.3 Å². The lowest BCUT2D eigenvalue weighted by molar-refractivity contribution is 0.0951. The van der Waals surface area contributed by atoms with E-state index in [2.05, 4.69) is 15.2 Å². The molecule has 0 unspecified atom stereocenters. The quantitative estimate of drug-likeness (QED) is 0.709. The van der Waals surface area contributed by atoms with E-state index in [1.54, 1.807) is 13.8 Å². The average molecular weight is 275 g/mol. The number of hydrogen-bond acceptors (Lipinski definition) is 5. The van der Waals surface area contributed by atoms with E-state index in [0.29, 0.717) is 36.5 Å². The van der Waals surface area contributed by atoms with Gasteiger partial charge in [0.05, 0.1) is 11.9 Å². The lowest BCUT2D eigenvalue weighted by Crippen LogP contribution is -2.29. The molecule has 1 aromatic heterocycles. The zero-order valence-electron chi connectivity index (χ0n) is 10.6. The molecule has 0 saturated carbocycles. The van der Waals surface area contributed by atoms with Crippen LogP contribution in [0.1, 0.15) is 28.2 Å². The number of sulfonamides is 1. The minimum atomic E-state index is -3.17. The second-order valence-electron chi connectivity index (χ2n) is 3.98. The molecule has 102 valence electrons. The van der Waals surface area contributed by atoms with Crippen LogP contribution >= 0.6 is 0 Å². The summed E-state index contributed by atoms with van der Waals surface area (Å²) in [6, 6.07) is 0. The first kappa shape index (κ1) is 14.7. The minimum Gasteiger partial charge on any atom is -0.361 e. The molecule has 8 heteroatoms. The van der Waals surface area contributed by atoms with Crippen LogP contribution in [0.15, 0.2) is 4.52 Å². The molecule has 0 aliphatic carbocycles. The van der Waals surface area contributed by atoms with E-state index in [0.717, 1.165) is 6.26 Å². The Kier molecular flexibility index (Phi) is 4.85. The first-order valence-electron chi connectivity index (χ1n) is 5.47. The normalized spacial score (nSPS) is 11.5. The Bertz CT molecular complexity index is 502. The van der Waals surface area contributed by atoms with E-state index in [-0.39, 0.29) is 5.91 Å². The van der Waals surface area contributed by atoms with Gasteiger partial charge in [-0.25, -0.2) is 13.1 Å². The van der Waals surface area contributed by atoms with Crippen LogP contribution in [0.4, 0.5) is 0 Å². The predicted molar refractivity (Wildman–Crippen MR) is 65.8 cm³/mol. The number of aromatic nitrogens is 1. The number of amides is 1. The molecule has 0 spiro atoms. The summed E-state index contributed by atoms with van der Waals surface area (Å²) in [5.41, 5.74) is 0.977. The van der Waals surface area contributed by atoms with Crippen LogP contribution in [0.25, 0.3) is 0 Å². The van der Waals surface area contributed by atoms with Crippen molar-refractivity contribution in [2.24, 2.45) is 0 Å². The van der Waals surface area contributed by atoms with Gasteiger partial charge in [0.15, 0.2) is 0 Å². The SMILES string of the molecule is Cc1noc(C)c1C(=O)NCCCNS(C)(=O)=O. The van der Waals surface area contributed by atoms with Crippen molar-refractivity contribution in [3.05, 3.63) is 17.0 Å². The zero-order chi connectivity index (χ0) is 13.8. The van der Waals surface area contributed by atoms with Gasteiger partial charge in [-0.15, -0.1) is 0 Å². The summed E-state index contributed by atoms with van der Waals surface area (Å²) < 4.78 is 28.8. The van der Waals surface area contributed by atoms with E-state index in [9.17, 15) is 13.2 Å². The lowest BCUT2D eigenvalue weighted by atomic mass is 10.2. The van der Waals surface area contributed by atoms with Crippen molar-refractivity contribution in [3.63, 3.8) is 0 Å². The molecule has 0 aliphatic rings. The summed E-state index contributed by atoms with van der Waals surface area (Å²) in [6.45, 7) is 4.03. The molecule has 1 heterocycles. The maximum atomic E-state index is 11.8. The molecule has 0 fully saturated rings. The largest absolute Gasteiger partial charge is 0.361 e. The van der Waals surface area contributed by atoms with Crippen LogP contribution in [-0.2, 0) is 10.0 Å². The van der Waals surface area contributed by atoms with E-state index < -0.39 is 10.0 Å². The van der Waals surface area contributed by atoms with E-state index in [1.807, 2.05) is 0 Å². The average Bonchev–Trinajstić information content (AvgIpc) is 2.56. The smallest absolute Gasteiger partial charge is 0.256 e. The molecule has 0 radical (unpaired) electrons. The molecule has 1 rings (SSSR count). The molecule has 18 heavy (non-hydrogen) atoms. The maximum absolute atomic E-state index is 11.8. The second kappa shape index (κ2) is 5.96. The Morgan fingerprint density at radius 3 is 2.50 bits per heavy atom. The predicted octanol–water partition coefficient (Wildman–Crippen LogP) is -0.0395. The molecule has 7 nitrogen and oxygen atoms in total. The fraction of sp³-hybridized carbons (Fsp3) is 0.600. The number of carbonyl (C=O) groups is 1. The molecule has 0 atom stereocenters. The number of aryl methyl sites for hydroxylation is 2. The Hall–Kier alpha value is -1.41. The highest BCUT2D eigenvalue weighted by molar-refractivity contribution is 7.88. The number of carbonyl (C=O) groups excluding carboxylic acids is 1. The third-order valence-electron chi connectivity index (χ3n) is 2.26. The van der Waals surface area contributed by atoms with Crippen LogP contribution in [0.5, 0.6) is 0 Å². The first-order valence-corrected chi connectivity index (χ1v) is 7.36. The fourth-order valence-corrected chi connectivity index (χ4v) is 1.96. The van der Waals surface area contributed by atoms with Gasteiger partial charge in [0.25, 0.3) is 5.91 Å². The highest BCUT2D eigenvalue weighted by Crippen LogP contribution is 2.11. The van der Waals surface area contributed by atoms with Gasteiger partial charge in [0.2, 0.25) is 10.0 Å². The topological polar surface area (TPSA) is 101 Å². The number of nitrogens with one attached hydrogen (secondary N) is 2. The number of nitrogens with zero attached hydrogens (tertiary/aromatic N) is 1. The van der Waals surface area contributed by atoms with Gasteiger partial charge < -0.3 is 9.84 Å². The van der Waals surface area contributed by atoms with Gasteiger partial charge in [-0.1, -0.05) is 5.16 Å². The Morgan fingerprint density at radius 1 is 1.33 bits per heavy atom. The van der Waals surface area contributed by atoms with Gasteiger partial charge in [0.1, 0.15) is 11.3 Å². The van der Waals surface area contributed by atoms with Crippen LogP contribution < -0.4 is 10.0 Å². The van der Waals surface area contributed by atoms with E-state index >= 15 is 0 Å². The van der Waals surface area contributed by atoms with Crippen LogP contribution in [-0.4, -0.2) is 38.8 Å². The van der Waals surface area contributed by atoms with Crippen molar-refractivity contribution in [1.29, 1.82) is 0 Å². The highest BCUT2D eigenvalue weighted by atomic mass is 32.2. The standard InChI is InChI=1S/C10H17N3O4S/c1-7-9(8(2)17-13-7)10(14)11-5-4-6-12-18(3,15)16/h12H,4-6H2,1-3H3,(H,11,14). The maximum Gasteiger partial charge on any atom is 0.256 e. The van der Waals surface area contributed by atoms with Gasteiger partial charge in [-0.2, -0.15) is 0 Å². The van der Waals surface area contributed by atoms with Crippen LogP contribution in [0, 0.1) is 13.8 Å². The monoisotopic (exact) mass is 275 g/mol. The third-order valence-corrected chi connectivity index (χ3v) is 2.99. The molecular formula is C10H17N3O4S. The summed E-state index contributed by atoms with van der Waals surface area (Å²) in [6.07, 6.45) is 1.61. The van der Waals surface area contributed by atoms with E-state index in [4.69, 9.17) is 4.52 Å². The van der Waals surface area contributed by atoms with Crippen molar-refractivity contribution < 1.29 is 17.7 Å². The van der Waals surface area contributed by atoms with Gasteiger partial charge in [-0.3, -0.25) is 4.79 Å². The number of rotatable bonds is 6. The molecule has 0 bridgehead atoms. The van der Waals surface area contributed by atoms with E-state index in [1.165, 1.54) is 0 Å². The highest BCUT2D eigenvalue weighted by Gasteiger charge is 2.16. The Balaban J connectivity index is 2.35. The molecule has 2 N–H and O–H groups in total. The summed E-state index contributed by atoms with van der Waals surface area (Å²) >= 11 is 0. The summed E-state index contributed by atoms with van der Waals surface area (Å²) in [7, 11) is -3.17. The van der Waals surface area contributed by atoms with Gasteiger partial charge in [0, 0.05) is 13.1 Å². The zero-order valence-corrected chi connectivity index (χ0v) is 11.4. The second-order valence-corrected chi connectivity index (χ2v) is 5.81. The van der Waals surface area contributed by atoms with Gasteiger partial charge >= 0.3 is 0 Å². The van der Waals surface area contributed by atoms with Crippen molar-refractivity contribution in [2.45, 2.75) is 20.3 Å². The molecular weight excluding hydrogens is 258 g/mol. The van der Waals surface area contributed by atoms with Crippen molar-refractivity contribution in [2.75, 3.05) is 19.3 Å². The first-order chi connectivity index (χ1) is 8.31. The lowest BCUT2D eigenvalue weighted by Gasteiger charge is -2.05. The van der Waals surface area contributed by atoms with Crippen molar-refractivity contribution >= 4 is 15.9 Å². The van der Waals surface area contributed by atoms with Crippen molar-refractivity contribution in [3.8, 4) is 0 Å². The molecule has 1 aromatic rings. The Labute approximate surface area is 106 Å². The molecule has 0 aliphatic heterocycles.